The summed E-state index contributed by atoms with van der Waals surface area (Å²) in [6, 6.07) is 8.78. The molecule has 4 rings (SSSR count). The maximum atomic E-state index is 5.50. The molecule has 2 aromatic rings. The smallest absolute Gasteiger partial charge is 0.0537 e. The Bertz CT molecular complexity index is 667. The number of hydrogen-bond acceptors (Lipinski definition) is 1. The summed E-state index contributed by atoms with van der Waals surface area (Å²) in [7, 11) is 4.02. The number of para-hydroxylation sites is 1. The van der Waals surface area contributed by atoms with Gasteiger partial charge in [0.15, 0.2) is 0 Å². The highest BCUT2D eigenvalue weighted by Crippen LogP contribution is 2.51. The number of hydrogen-bond donors (Lipinski definition) is 0. The number of ether oxygens (including phenoxy) is 1. The molecule has 1 aromatic carbocycles. The van der Waals surface area contributed by atoms with Gasteiger partial charge in [0, 0.05) is 42.6 Å². The number of methoxy groups -OCH3 is 1. The van der Waals surface area contributed by atoms with E-state index in [0.29, 0.717) is 17.8 Å². The Morgan fingerprint density at radius 3 is 2.95 bits per heavy atom. The van der Waals surface area contributed by atoms with Crippen molar-refractivity contribution in [3.63, 3.8) is 0 Å². The average molecular weight is 253 g/mol. The van der Waals surface area contributed by atoms with Crippen LogP contribution in [0.15, 0.2) is 36.4 Å². The van der Waals surface area contributed by atoms with Crippen LogP contribution in [0.1, 0.15) is 29.5 Å². The van der Waals surface area contributed by atoms with Crippen LogP contribution >= 0.6 is 0 Å². The second kappa shape index (κ2) is 3.97. The third-order valence-electron chi connectivity index (χ3n) is 4.89. The first-order valence-corrected chi connectivity index (χ1v) is 7.05. The predicted octanol–water partition coefficient (Wildman–Crippen LogP) is 3.58. The van der Waals surface area contributed by atoms with Gasteiger partial charge in [0.2, 0.25) is 0 Å². The lowest BCUT2D eigenvalue weighted by Crippen LogP contribution is -2.22. The summed E-state index contributed by atoms with van der Waals surface area (Å²) < 4.78 is 7.90. The molecule has 2 heteroatoms. The largest absolute Gasteiger partial charge is 0.384 e. The summed E-state index contributed by atoms with van der Waals surface area (Å²) in [6.07, 6.45) is 6.06. The summed E-state index contributed by atoms with van der Waals surface area (Å²) in [5.74, 6) is 1.77. The second-order valence-electron chi connectivity index (χ2n) is 5.83. The Labute approximate surface area is 113 Å². The van der Waals surface area contributed by atoms with Gasteiger partial charge in [0.05, 0.1) is 6.61 Å². The van der Waals surface area contributed by atoms with Crippen LogP contribution < -0.4 is 0 Å². The normalized spacial score (nSPS) is 28.0. The lowest BCUT2D eigenvalue weighted by molar-refractivity contribution is 0.160. The molecule has 0 saturated carbocycles. The molecular weight excluding hydrogens is 234 g/mol. The van der Waals surface area contributed by atoms with Gasteiger partial charge in [-0.3, -0.25) is 0 Å². The highest BCUT2D eigenvalue weighted by Gasteiger charge is 2.39. The van der Waals surface area contributed by atoms with Crippen molar-refractivity contribution in [2.24, 2.45) is 13.0 Å². The molecule has 2 aliphatic carbocycles. The van der Waals surface area contributed by atoms with E-state index < -0.39 is 0 Å². The third kappa shape index (κ3) is 1.41. The van der Waals surface area contributed by atoms with Crippen molar-refractivity contribution in [3.05, 3.63) is 47.7 Å². The van der Waals surface area contributed by atoms with Crippen LogP contribution in [0.3, 0.4) is 0 Å². The minimum Gasteiger partial charge on any atom is -0.384 e. The molecule has 2 nitrogen and oxygen atoms in total. The molecule has 0 amide bonds. The molecule has 0 spiro atoms. The summed E-state index contributed by atoms with van der Waals surface area (Å²) in [6.45, 7) is 0.822. The number of fused-ring (bicyclic) bond motifs is 6. The summed E-state index contributed by atoms with van der Waals surface area (Å²) in [4.78, 5) is 0. The number of aromatic nitrogens is 1. The standard InChI is InChI=1S/C17H19NO/c1-18-15-6-4-3-5-13(15)16-14(10-19-2)11-7-8-12(9-11)17(16)18/h3-8,11-12,14H,9-10H2,1-2H3/t11-,12+,14+/m1/s1. The van der Waals surface area contributed by atoms with Crippen LogP contribution in [-0.4, -0.2) is 18.3 Å². The minimum absolute atomic E-state index is 0.515. The van der Waals surface area contributed by atoms with E-state index in [1.54, 1.807) is 0 Å². The number of rotatable bonds is 2. The fraction of sp³-hybridized carbons (Fsp3) is 0.412. The van der Waals surface area contributed by atoms with E-state index in [2.05, 4.69) is 48.0 Å². The maximum Gasteiger partial charge on any atom is 0.0537 e. The quantitative estimate of drug-likeness (QED) is 0.746. The molecule has 2 aliphatic rings. The van der Waals surface area contributed by atoms with E-state index in [-0.39, 0.29) is 0 Å². The topological polar surface area (TPSA) is 14.2 Å². The van der Waals surface area contributed by atoms with Crippen LogP contribution in [0.5, 0.6) is 0 Å². The van der Waals surface area contributed by atoms with E-state index in [0.717, 1.165) is 6.61 Å². The van der Waals surface area contributed by atoms with Gasteiger partial charge in [-0.25, -0.2) is 0 Å². The summed E-state index contributed by atoms with van der Waals surface area (Å²) in [5.41, 5.74) is 4.40. The fourth-order valence-corrected chi connectivity index (χ4v) is 4.11. The van der Waals surface area contributed by atoms with Crippen LogP contribution in [0.25, 0.3) is 10.9 Å². The number of aryl methyl sites for hydroxylation is 1. The Hall–Kier alpha value is -1.54. The number of benzene rings is 1. The first-order chi connectivity index (χ1) is 9.31. The Morgan fingerprint density at radius 1 is 1.26 bits per heavy atom. The van der Waals surface area contributed by atoms with Crippen molar-refractivity contribution in [3.8, 4) is 0 Å². The van der Waals surface area contributed by atoms with E-state index in [4.69, 9.17) is 4.74 Å². The molecule has 0 fully saturated rings. The van der Waals surface area contributed by atoms with E-state index in [9.17, 15) is 0 Å². The monoisotopic (exact) mass is 253 g/mol. The Kier molecular flexibility index (Phi) is 2.36. The Morgan fingerprint density at radius 2 is 2.11 bits per heavy atom. The zero-order valence-corrected chi connectivity index (χ0v) is 11.5. The summed E-state index contributed by atoms with van der Waals surface area (Å²) in [5, 5.41) is 1.42. The molecule has 98 valence electrons. The van der Waals surface area contributed by atoms with Gasteiger partial charge < -0.3 is 9.30 Å². The van der Waals surface area contributed by atoms with Gasteiger partial charge in [-0.15, -0.1) is 0 Å². The molecule has 0 unspecified atom stereocenters. The predicted molar refractivity (Wildman–Crippen MR) is 77.5 cm³/mol. The van der Waals surface area contributed by atoms with E-state index in [1.165, 1.54) is 28.6 Å². The molecule has 19 heavy (non-hydrogen) atoms. The Balaban J connectivity index is 2.04. The first kappa shape index (κ1) is 11.3. The van der Waals surface area contributed by atoms with Gasteiger partial charge in [-0.05, 0) is 24.0 Å². The van der Waals surface area contributed by atoms with Gasteiger partial charge in [0.1, 0.15) is 0 Å². The van der Waals surface area contributed by atoms with Crippen molar-refractivity contribution in [1.82, 2.24) is 4.57 Å². The molecule has 3 atom stereocenters. The van der Waals surface area contributed by atoms with Crippen molar-refractivity contribution in [2.75, 3.05) is 13.7 Å². The third-order valence-corrected chi connectivity index (χ3v) is 4.89. The zero-order chi connectivity index (χ0) is 13.0. The fourth-order valence-electron chi connectivity index (χ4n) is 4.11. The lowest BCUT2D eigenvalue weighted by atomic mass is 9.77. The van der Waals surface area contributed by atoms with Crippen LogP contribution in [0.4, 0.5) is 0 Å². The molecule has 0 N–H and O–H groups in total. The van der Waals surface area contributed by atoms with Crippen LogP contribution in [-0.2, 0) is 11.8 Å². The van der Waals surface area contributed by atoms with E-state index in [1.807, 2.05) is 7.11 Å². The molecule has 1 heterocycles. The second-order valence-corrected chi connectivity index (χ2v) is 5.83. The molecule has 0 radical (unpaired) electrons. The van der Waals surface area contributed by atoms with Gasteiger partial charge in [0.25, 0.3) is 0 Å². The molecule has 2 bridgehead atoms. The number of nitrogens with zero attached hydrogens (tertiary/aromatic N) is 1. The highest BCUT2D eigenvalue weighted by molar-refractivity contribution is 5.87. The van der Waals surface area contributed by atoms with Crippen molar-refractivity contribution in [2.45, 2.75) is 18.3 Å². The van der Waals surface area contributed by atoms with Gasteiger partial charge in [-0.2, -0.15) is 0 Å². The summed E-state index contributed by atoms with van der Waals surface area (Å²) >= 11 is 0. The van der Waals surface area contributed by atoms with Crippen LogP contribution in [0.2, 0.25) is 0 Å². The maximum absolute atomic E-state index is 5.50. The SMILES string of the molecule is COC[C@@H]1c2c(n(C)c3ccccc23)[C@H]2C=C[C@@H]1C2. The molecule has 0 aliphatic heterocycles. The van der Waals surface area contributed by atoms with Crippen molar-refractivity contribution < 1.29 is 4.74 Å². The highest BCUT2D eigenvalue weighted by atomic mass is 16.5. The van der Waals surface area contributed by atoms with Crippen molar-refractivity contribution >= 4 is 10.9 Å². The van der Waals surface area contributed by atoms with Crippen LogP contribution in [0, 0.1) is 5.92 Å². The molecule has 0 saturated heterocycles. The lowest BCUT2D eigenvalue weighted by Gasteiger charge is -2.30. The minimum atomic E-state index is 0.515. The zero-order valence-electron chi connectivity index (χ0n) is 11.5. The van der Waals surface area contributed by atoms with Gasteiger partial charge in [-0.1, -0.05) is 30.4 Å². The van der Waals surface area contributed by atoms with Gasteiger partial charge >= 0.3 is 0 Å². The molecule has 1 aromatic heterocycles. The average Bonchev–Trinajstić information content (AvgIpc) is 2.97. The first-order valence-electron chi connectivity index (χ1n) is 7.05. The van der Waals surface area contributed by atoms with Crippen molar-refractivity contribution in [1.29, 1.82) is 0 Å². The number of allylic oxidation sites excluding steroid dienone is 2. The molecular formula is C17H19NO. The van der Waals surface area contributed by atoms with E-state index >= 15 is 0 Å².